The lowest BCUT2D eigenvalue weighted by Gasteiger charge is -2.27. The largest absolute Gasteiger partial charge is 0.493 e. The van der Waals surface area contributed by atoms with E-state index in [-0.39, 0.29) is 5.91 Å². The second-order valence-electron chi connectivity index (χ2n) is 6.27. The van der Waals surface area contributed by atoms with Crippen molar-refractivity contribution >= 4 is 11.6 Å². The van der Waals surface area contributed by atoms with E-state index in [0.29, 0.717) is 35.3 Å². The Morgan fingerprint density at radius 2 is 1.88 bits per heavy atom. The van der Waals surface area contributed by atoms with E-state index in [0.717, 1.165) is 0 Å². The summed E-state index contributed by atoms with van der Waals surface area (Å²) in [5.74, 6) is 0.860. The third-order valence-corrected chi connectivity index (χ3v) is 4.66. The maximum atomic E-state index is 12.4. The fourth-order valence-corrected chi connectivity index (χ4v) is 3.26. The zero-order valence-electron chi connectivity index (χ0n) is 14.6. The number of methoxy groups -OCH3 is 2. The maximum absolute atomic E-state index is 12.4. The molecule has 1 aliphatic rings. The van der Waals surface area contributed by atoms with Crippen molar-refractivity contribution in [3.63, 3.8) is 0 Å². The first-order chi connectivity index (χ1) is 11.6. The molecule has 130 valence electrons. The first kappa shape index (κ1) is 18.1. The lowest BCUT2D eigenvalue weighted by Crippen LogP contribution is -3.14. The summed E-state index contributed by atoms with van der Waals surface area (Å²) in [5.41, 5.74) is 0.813. The van der Waals surface area contributed by atoms with Gasteiger partial charge in [-0.1, -0.05) is 6.42 Å². The van der Waals surface area contributed by atoms with Gasteiger partial charge >= 0.3 is 0 Å². The summed E-state index contributed by atoms with van der Waals surface area (Å²) in [6.07, 6.45) is 6.15. The molecular weight excluding hydrogens is 306 g/mol. The van der Waals surface area contributed by atoms with Gasteiger partial charge in [0.15, 0.2) is 18.0 Å². The zero-order valence-corrected chi connectivity index (χ0v) is 14.6. The summed E-state index contributed by atoms with van der Waals surface area (Å²) in [4.78, 5) is 13.6. The standard InChI is InChI=1S/C18H25N3O3/c1-21(14-7-5-4-6-8-14)12-18(22)20-15-10-17(24-3)16(23-2)9-13(15)11-19/h9-10,14H,4-8,12H2,1-3H3,(H,20,22)/p+1. The summed E-state index contributed by atoms with van der Waals surface area (Å²) >= 11 is 0. The highest BCUT2D eigenvalue weighted by Gasteiger charge is 2.24. The molecule has 0 radical (unpaired) electrons. The summed E-state index contributed by atoms with van der Waals surface area (Å²) in [7, 11) is 5.10. The van der Waals surface area contributed by atoms with Crippen molar-refractivity contribution in [3.05, 3.63) is 17.7 Å². The highest BCUT2D eigenvalue weighted by molar-refractivity contribution is 5.93. The average molecular weight is 332 g/mol. The van der Waals surface area contributed by atoms with Crippen LogP contribution in [0.25, 0.3) is 0 Å². The molecule has 2 N–H and O–H groups in total. The molecule has 1 aromatic carbocycles. The van der Waals surface area contributed by atoms with Crippen LogP contribution in [0.15, 0.2) is 12.1 Å². The number of likely N-dealkylation sites (N-methyl/N-ethyl adjacent to an activating group) is 1. The van der Waals surface area contributed by atoms with Crippen molar-refractivity contribution in [2.24, 2.45) is 0 Å². The number of rotatable bonds is 6. The van der Waals surface area contributed by atoms with Crippen LogP contribution in [0.4, 0.5) is 5.69 Å². The third-order valence-electron chi connectivity index (χ3n) is 4.66. The Balaban J connectivity index is 2.06. The van der Waals surface area contributed by atoms with Crippen LogP contribution >= 0.6 is 0 Å². The Kier molecular flexibility index (Phi) is 6.44. The first-order valence-corrected chi connectivity index (χ1v) is 8.37. The van der Waals surface area contributed by atoms with Crippen molar-refractivity contribution in [2.45, 2.75) is 38.1 Å². The number of nitrogens with one attached hydrogen (secondary N) is 2. The number of ether oxygens (including phenoxy) is 2. The topological polar surface area (TPSA) is 75.8 Å². The molecule has 0 aromatic heterocycles. The average Bonchev–Trinajstić information content (AvgIpc) is 2.61. The highest BCUT2D eigenvalue weighted by atomic mass is 16.5. The van der Waals surface area contributed by atoms with Crippen molar-refractivity contribution < 1.29 is 19.2 Å². The second kappa shape index (κ2) is 8.55. The number of quaternary nitrogens is 1. The van der Waals surface area contributed by atoms with Gasteiger partial charge in [0, 0.05) is 12.1 Å². The summed E-state index contributed by atoms with van der Waals surface area (Å²) in [6.45, 7) is 0.393. The van der Waals surface area contributed by atoms with Gasteiger partial charge in [0.2, 0.25) is 0 Å². The van der Waals surface area contributed by atoms with Crippen molar-refractivity contribution in [3.8, 4) is 17.6 Å². The fourth-order valence-electron chi connectivity index (χ4n) is 3.26. The Bertz CT molecular complexity index is 619. The number of hydrogen-bond donors (Lipinski definition) is 2. The predicted molar refractivity (Wildman–Crippen MR) is 91.5 cm³/mol. The van der Waals surface area contributed by atoms with Gasteiger partial charge in [0.1, 0.15) is 6.07 Å². The molecule has 1 aromatic rings. The summed E-state index contributed by atoms with van der Waals surface area (Å²) < 4.78 is 10.4. The molecule has 24 heavy (non-hydrogen) atoms. The molecule has 1 aliphatic carbocycles. The number of carbonyl (C=O) groups excluding carboxylic acids is 1. The van der Waals surface area contributed by atoms with Gasteiger partial charge in [-0.05, 0) is 25.7 Å². The van der Waals surface area contributed by atoms with Gasteiger partial charge in [0.25, 0.3) is 5.91 Å². The molecule has 6 nitrogen and oxygen atoms in total. The molecule has 0 heterocycles. The fraction of sp³-hybridized carbons (Fsp3) is 0.556. The van der Waals surface area contributed by atoms with Gasteiger partial charge in [-0.2, -0.15) is 5.26 Å². The Morgan fingerprint density at radius 1 is 1.25 bits per heavy atom. The van der Waals surface area contributed by atoms with Gasteiger partial charge in [-0.25, -0.2) is 0 Å². The van der Waals surface area contributed by atoms with Crippen LogP contribution in [0.1, 0.15) is 37.7 Å². The van der Waals surface area contributed by atoms with E-state index in [9.17, 15) is 10.1 Å². The molecule has 1 fully saturated rings. The normalized spacial score (nSPS) is 16.1. The van der Waals surface area contributed by atoms with E-state index in [1.807, 2.05) is 0 Å². The molecule has 1 amide bonds. The number of carbonyl (C=O) groups is 1. The number of anilines is 1. The number of hydrogen-bond acceptors (Lipinski definition) is 4. The smallest absolute Gasteiger partial charge is 0.279 e. The van der Waals surface area contributed by atoms with Crippen molar-refractivity contribution in [1.82, 2.24) is 0 Å². The lowest BCUT2D eigenvalue weighted by molar-refractivity contribution is -0.899. The van der Waals surface area contributed by atoms with Crippen LogP contribution in [0.2, 0.25) is 0 Å². The Labute approximate surface area is 143 Å². The van der Waals surface area contributed by atoms with E-state index in [4.69, 9.17) is 9.47 Å². The number of amides is 1. The molecule has 0 spiro atoms. The Morgan fingerprint density at radius 3 is 2.46 bits per heavy atom. The van der Waals surface area contributed by atoms with E-state index < -0.39 is 0 Å². The van der Waals surface area contributed by atoms with Crippen LogP contribution in [-0.4, -0.2) is 39.8 Å². The molecule has 0 bridgehead atoms. The van der Waals surface area contributed by atoms with E-state index in [2.05, 4.69) is 18.4 Å². The zero-order chi connectivity index (χ0) is 17.5. The molecule has 0 saturated heterocycles. The minimum absolute atomic E-state index is 0.0956. The van der Waals surface area contributed by atoms with Crippen molar-refractivity contribution in [2.75, 3.05) is 33.1 Å². The van der Waals surface area contributed by atoms with E-state index in [1.54, 1.807) is 12.1 Å². The third kappa shape index (κ3) is 4.39. The van der Waals surface area contributed by atoms with Gasteiger partial charge in [-0.15, -0.1) is 0 Å². The lowest BCUT2D eigenvalue weighted by atomic mass is 9.94. The highest BCUT2D eigenvalue weighted by Crippen LogP contribution is 2.32. The molecule has 1 atom stereocenters. The maximum Gasteiger partial charge on any atom is 0.279 e. The van der Waals surface area contributed by atoms with E-state index in [1.165, 1.54) is 51.2 Å². The van der Waals surface area contributed by atoms with Gasteiger partial charge < -0.3 is 19.7 Å². The number of nitriles is 1. The van der Waals surface area contributed by atoms with Crippen LogP contribution in [-0.2, 0) is 4.79 Å². The quantitative estimate of drug-likeness (QED) is 0.825. The summed E-state index contributed by atoms with van der Waals surface area (Å²) in [5, 5.41) is 12.1. The predicted octanol–water partition coefficient (Wildman–Crippen LogP) is 1.36. The summed E-state index contributed by atoms with van der Waals surface area (Å²) in [6, 6.07) is 5.84. The van der Waals surface area contributed by atoms with Crippen LogP contribution in [0, 0.1) is 11.3 Å². The SMILES string of the molecule is COc1cc(C#N)c(NC(=O)C[NH+](C)C2CCCCC2)cc1OC. The van der Waals surface area contributed by atoms with Crippen LogP contribution < -0.4 is 19.7 Å². The Hall–Kier alpha value is -2.26. The minimum atomic E-state index is -0.0956. The van der Waals surface area contributed by atoms with E-state index >= 15 is 0 Å². The number of benzene rings is 1. The first-order valence-electron chi connectivity index (χ1n) is 8.37. The molecule has 1 unspecified atom stereocenters. The molecule has 6 heteroatoms. The monoisotopic (exact) mass is 332 g/mol. The van der Waals surface area contributed by atoms with Crippen LogP contribution in [0.3, 0.4) is 0 Å². The van der Waals surface area contributed by atoms with Crippen molar-refractivity contribution in [1.29, 1.82) is 5.26 Å². The van der Waals surface area contributed by atoms with Crippen LogP contribution in [0.5, 0.6) is 11.5 Å². The van der Waals surface area contributed by atoms with Gasteiger partial charge in [-0.3, -0.25) is 4.79 Å². The molecule has 0 aliphatic heterocycles. The molecule has 1 saturated carbocycles. The number of nitrogens with zero attached hydrogens (tertiary/aromatic N) is 1. The second-order valence-corrected chi connectivity index (χ2v) is 6.27. The molecule has 2 rings (SSSR count). The molecular formula is C18H26N3O3+. The van der Waals surface area contributed by atoms with Gasteiger partial charge in [0.05, 0.1) is 38.6 Å². The minimum Gasteiger partial charge on any atom is -0.493 e.